The number of hydrogen-bond acceptors (Lipinski definition) is 2. The summed E-state index contributed by atoms with van der Waals surface area (Å²) in [5, 5.41) is 3.41. The maximum Gasteiger partial charge on any atom is 0.101 e. The summed E-state index contributed by atoms with van der Waals surface area (Å²) in [6, 6.07) is 0. The smallest absolute Gasteiger partial charge is 0.101 e. The van der Waals surface area contributed by atoms with E-state index in [0.29, 0.717) is 0 Å². The second-order valence-electron chi connectivity index (χ2n) is 3.87. The van der Waals surface area contributed by atoms with E-state index in [1.807, 2.05) is 0 Å². The molecule has 0 bridgehead atoms. The SMILES string of the molecule is CCC1CCN(C2=CC=CCN2)C1. The Morgan fingerprint density at radius 1 is 1.62 bits per heavy atom. The normalized spacial score (nSPS) is 27.3. The van der Waals surface area contributed by atoms with Crippen LogP contribution in [0.1, 0.15) is 19.8 Å². The molecule has 0 saturated carbocycles. The van der Waals surface area contributed by atoms with Crippen LogP contribution in [0.15, 0.2) is 24.0 Å². The Morgan fingerprint density at radius 3 is 3.15 bits per heavy atom. The molecule has 0 spiro atoms. The molecule has 1 N–H and O–H groups in total. The highest BCUT2D eigenvalue weighted by molar-refractivity contribution is 5.16. The van der Waals surface area contributed by atoms with Crippen LogP contribution in [0.5, 0.6) is 0 Å². The molecule has 1 saturated heterocycles. The van der Waals surface area contributed by atoms with Gasteiger partial charge >= 0.3 is 0 Å². The van der Waals surface area contributed by atoms with Gasteiger partial charge in [0, 0.05) is 19.6 Å². The molecule has 0 aromatic carbocycles. The predicted molar refractivity (Wildman–Crippen MR) is 55.2 cm³/mol. The van der Waals surface area contributed by atoms with Gasteiger partial charge in [0.05, 0.1) is 0 Å². The van der Waals surface area contributed by atoms with Gasteiger partial charge in [0.15, 0.2) is 0 Å². The summed E-state index contributed by atoms with van der Waals surface area (Å²) in [6.07, 6.45) is 9.16. The van der Waals surface area contributed by atoms with E-state index in [0.717, 1.165) is 12.5 Å². The van der Waals surface area contributed by atoms with Crippen LogP contribution in [-0.2, 0) is 0 Å². The molecule has 2 heterocycles. The second kappa shape index (κ2) is 3.86. The Balaban J connectivity index is 1.95. The fourth-order valence-electron chi connectivity index (χ4n) is 2.05. The Bertz CT molecular complexity index is 230. The van der Waals surface area contributed by atoms with Crippen LogP contribution in [0, 0.1) is 5.92 Å². The van der Waals surface area contributed by atoms with Gasteiger partial charge in [-0.05, 0) is 18.4 Å². The highest BCUT2D eigenvalue weighted by atomic mass is 15.3. The molecule has 0 radical (unpaired) electrons. The van der Waals surface area contributed by atoms with Crippen molar-refractivity contribution in [2.24, 2.45) is 5.92 Å². The van der Waals surface area contributed by atoms with Crippen LogP contribution in [0.3, 0.4) is 0 Å². The third-order valence-corrected chi connectivity index (χ3v) is 3.00. The maximum atomic E-state index is 3.41. The van der Waals surface area contributed by atoms with E-state index in [4.69, 9.17) is 0 Å². The number of nitrogens with zero attached hydrogens (tertiary/aromatic N) is 1. The average molecular weight is 178 g/mol. The molecule has 0 aliphatic carbocycles. The van der Waals surface area contributed by atoms with Crippen LogP contribution in [0.25, 0.3) is 0 Å². The molecule has 1 fully saturated rings. The Kier molecular flexibility index (Phi) is 2.57. The summed E-state index contributed by atoms with van der Waals surface area (Å²) in [4.78, 5) is 2.47. The molecular weight excluding hydrogens is 160 g/mol. The van der Waals surface area contributed by atoms with Gasteiger partial charge in [0.2, 0.25) is 0 Å². The fourth-order valence-corrected chi connectivity index (χ4v) is 2.05. The third-order valence-electron chi connectivity index (χ3n) is 3.00. The lowest BCUT2D eigenvalue weighted by Crippen LogP contribution is -2.31. The Morgan fingerprint density at radius 2 is 2.54 bits per heavy atom. The van der Waals surface area contributed by atoms with Gasteiger partial charge in [-0.2, -0.15) is 0 Å². The lowest BCUT2D eigenvalue weighted by atomic mass is 10.1. The maximum absolute atomic E-state index is 3.41. The number of dihydropyridines is 1. The highest BCUT2D eigenvalue weighted by Gasteiger charge is 2.22. The number of likely N-dealkylation sites (tertiary alicyclic amines) is 1. The number of nitrogens with one attached hydrogen (secondary N) is 1. The summed E-state index contributed by atoms with van der Waals surface area (Å²) in [5.74, 6) is 2.23. The largest absolute Gasteiger partial charge is 0.368 e. The van der Waals surface area contributed by atoms with Gasteiger partial charge in [-0.1, -0.05) is 25.5 Å². The molecule has 2 aliphatic heterocycles. The van der Waals surface area contributed by atoms with Crippen molar-refractivity contribution in [3.63, 3.8) is 0 Å². The number of allylic oxidation sites excluding steroid dienone is 2. The molecule has 0 amide bonds. The van der Waals surface area contributed by atoms with E-state index < -0.39 is 0 Å². The third kappa shape index (κ3) is 1.87. The minimum atomic E-state index is 0.911. The molecular formula is C11H18N2. The van der Waals surface area contributed by atoms with Gasteiger partial charge in [-0.3, -0.25) is 0 Å². The zero-order valence-electron chi connectivity index (χ0n) is 8.29. The van der Waals surface area contributed by atoms with Crippen molar-refractivity contribution < 1.29 is 0 Å². The Hall–Kier alpha value is -0.920. The summed E-state index contributed by atoms with van der Waals surface area (Å²) < 4.78 is 0. The molecule has 1 atom stereocenters. The Labute approximate surface area is 80.3 Å². The molecule has 1 unspecified atom stereocenters. The van der Waals surface area contributed by atoms with Crippen LogP contribution in [-0.4, -0.2) is 24.5 Å². The average Bonchev–Trinajstić information content (AvgIpc) is 2.67. The van der Waals surface area contributed by atoms with E-state index in [1.165, 1.54) is 31.8 Å². The van der Waals surface area contributed by atoms with Gasteiger partial charge in [-0.15, -0.1) is 0 Å². The van der Waals surface area contributed by atoms with Crippen LogP contribution in [0.4, 0.5) is 0 Å². The monoisotopic (exact) mass is 178 g/mol. The first-order valence-corrected chi connectivity index (χ1v) is 5.26. The molecule has 0 aromatic rings. The fraction of sp³-hybridized carbons (Fsp3) is 0.636. The van der Waals surface area contributed by atoms with Crippen molar-refractivity contribution in [3.8, 4) is 0 Å². The van der Waals surface area contributed by atoms with Gasteiger partial charge in [0.25, 0.3) is 0 Å². The zero-order valence-corrected chi connectivity index (χ0v) is 8.29. The van der Waals surface area contributed by atoms with Crippen molar-refractivity contribution in [1.82, 2.24) is 10.2 Å². The summed E-state index contributed by atoms with van der Waals surface area (Å²) in [5.41, 5.74) is 0. The topological polar surface area (TPSA) is 15.3 Å². The van der Waals surface area contributed by atoms with E-state index in [1.54, 1.807) is 0 Å². The van der Waals surface area contributed by atoms with Crippen LogP contribution >= 0.6 is 0 Å². The van der Waals surface area contributed by atoms with Crippen molar-refractivity contribution in [3.05, 3.63) is 24.0 Å². The first-order chi connectivity index (χ1) is 6.40. The van der Waals surface area contributed by atoms with Crippen molar-refractivity contribution in [1.29, 1.82) is 0 Å². The van der Waals surface area contributed by atoms with E-state index in [-0.39, 0.29) is 0 Å². The van der Waals surface area contributed by atoms with Crippen LogP contribution in [0.2, 0.25) is 0 Å². The first-order valence-electron chi connectivity index (χ1n) is 5.26. The molecule has 2 nitrogen and oxygen atoms in total. The first kappa shape index (κ1) is 8.67. The lowest BCUT2D eigenvalue weighted by Gasteiger charge is -2.24. The molecule has 2 heteroatoms. The molecule has 72 valence electrons. The zero-order chi connectivity index (χ0) is 9.10. The summed E-state index contributed by atoms with van der Waals surface area (Å²) in [6.45, 7) is 5.74. The van der Waals surface area contributed by atoms with E-state index >= 15 is 0 Å². The van der Waals surface area contributed by atoms with Crippen molar-refractivity contribution in [2.75, 3.05) is 19.6 Å². The van der Waals surface area contributed by atoms with Crippen molar-refractivity contribution >= 4 is 0 Å². The van der Waals surface area contributed by atoms with Crippen LogP contribution < -0.4 is 5.32 Å². The summed E-state index contributed by atoms with van der Waals surface area (Å²) in [7, 11) is 0. The second-order valence-corrected chi connectivity index (χ2v) is 3.87. The van der Waals surface area contributed by atoms with Crippen molar-refractivity contribution in [2.45, 2.75) is 19.8 Å². The minimum absolute atomic E-state index is 0.911. The number of rotatable bonds is 2. The van der Waals surface area contributed by atoms with Gasteiger partial charge < -0.3 is 10.2 Å². The summed E-state index contributed by atoms with van der Waals surface area (Å²) >= 11 is 0. The molecule has 2 aliphatic rings. The lowest BCUT2D eigenvalue weighted by molar-refractivity contribution is 0.373. The number of hydrogen-bond donors (Lipinski definition) is 1. The van der Waals surface area contributed by atoms with Gasteiger partial charge in [0.1, 0.15) is 5.82 Å². The molecule has 0 aromatic heterocycles. The minimum Gasteiger partial charge on any atom is -0.368 e. The van der Waals surface area contributed by atoms with E-state index in [9.17, 15) is 0 Å². The quantitative estimate of drug-likeness (QED) is 0.692. The van der Waals surface area contributed by atoms with E-state index in [2.05, 4.69) is 35.4 Å². The highest BCUT2D eigenvalue weighted by Crippen LogP contribution is 2.22. The predicted octanol–water partition coefficient (Wildman–Crippen LogP) is 1.72. The molecule has 13 heavy (non-hydrogen) atoms. The van der Waals surface area contributed by atoms with Gasteiger partial charge in [-0.25, -0.2) is 0 Å². The molecule has 2 rings (SSSR count). The standard InChI is InChI=1S/C11H18N2/c1-2-10-6-8-13(9-10)11-5-3-4-7-12-11/h3-5,10,12H,2,6-9H2,1H3.